The lowest BCUT2D eigenvalue weighted by Gasteiger charge is -2.35. The van der Waals surface area contributed by atoms with Gasteiger partial charge in [-0.05, 0) is 19.9 Å². The fourth-order valence-corrected chi connectivity index (χ4v) is 2.32. The molecule has 1 aromatic heterocycles. The van der Waals surface area contributed by atoms with Crippen molar-refractivity contribution in [3.8, 4) is 0 Å². The Bertz CT molecular complexity index is 450. The van der Waals surface area contributed by atoms with E-state index in [1.165, 1.54) is 6.26 Å². The van der Waals surface area contributed by atoms with Crippen molar-refractivity contribution in [2.24, 2.45) is 5.73 Å². The minimum absolute atomic E-state index is 0. The Labute approximate surface area is 143 Å². The zero-order valence-corrected chi connectivity index (χ0v) is 14.5. The van der Waals surface area contributed by atoms with Crippen LogP contribution >= 0.6 is 24.8 Å². The van der Waals surface area contributed by atoms with E-state index in [0.29, 0.717) is 17.9 Å². The molecule has 128 valence electrons. The third-order valence-corrected chi connectivity index (χ3v) is 3.82. The van der Waals surface area contributed by atoms with Crippen LogP contribution in [0.25, 0.3) is 0 Å². The topological polar surface area (TPSA) is 80.7 Å². The molecule has 1 fully saturated rings. The lowest BCUT2D eigenvalue weighted by molar-refractivity contribution is 0.0137. The van der Waals surface area contributed by atoms with Crippen molar-refractivity contribution in [3.05, 3.63) is 23.7 Å². The molecule has 0 radical (unpaired) electrons. The second-order valence-corrected chi connectivity index (χ2v) is 5.16. The van der Waals surface area contributed by atoms with Gasteiger partial charge in [0.2, 0.25) is 0 Å². The van der Waals surface area contributed by atoms with Gasteiger partial charge in [0.05, 0.1) is 25.3 Å². The van der Waals surface area contributed by atoms with Crippen LogP contribution in [-0.2, 0) is 11.3 Å². The van der Waals surface area contributed by atoms with E-state index in [0.717, 1.165) is 26.3 Å². The van der Waals surface area contributed by atoms with Gasteiger partial charge in [-0.1, -0.05) is 0 Å². The highest BCUT2D eigenvalue weighted by Crippen LogP contribution is 2.10. The molecule has 0 saturated carbocycles. The Morgan fingerprint density at radius 1 is 1.36 bits per heavy atom. The van der Waals surface area contributed by atoms with Gasteiger partial charge in [0.15, 0.2) is 0 Å². The summed E-state index contributed by atoms with van der Waals surface area (Å²) >= 11 is 0. The minimum Gasteiger partial charge on any atom is -0.467 e. The maximum absolute atomic E-state index is 12.1. The maximum atomic E-state index is 12.1. The van der Waals surface area contributed by atoms with Crippen LogP contribution in [0, 0.1) is 0 Å². The van der Waals surface area contributed by atoms with Crippen LogP contribution in [0.4, 0.5) is 0 Å². The summed E-state index contributed by atoms with van der Waals surface area (Å²) in [7, 11) is 0. The van der Waals surface area contributed by atoms with Crippen LogP contribution in [-0.4, -0.2) is 49.2 Å². The van der Waals surface area contributed by atoms with Crippen LogP contribution in [0.15, 0.2) is 16.7 Å². The fraction of sp³-hybridized carbons (Fsp3) is 0.643. The molecular formula is C14H25Cl2N3O3. The van der Waals surface area contributed by atoms with E-state index in [4.69, 9.17) is 14.9 Å². The number of nitrogens with one attached hydrogen (secondary N) is 1. The first-order valence-corrected chi connectivity index (χ1v) is 7.02. The summed E-state index contributed by atoms with van der Waals surface area (Å²) in [5.41, 5.74) is 5.99. The summed E-state index contributed by atoms with van der Waals surface area (Å²) in [5.74, 6) is 0.491. The standard InChI is InChI=1S/C14H23N3O3.2ClH/c1-10(11(2)17-3-5-19-6-4-17)16-14(18)12-7-13(8-15)20-9-12;;/h7,9-11H,3-6,8,15H2,1-2H3,(H,16,18);2*1H. The first kappa shape index (κ1) is 21.2. The van der Waals surface area contributed by atoms with Gasteiger partial charge in [0.25, 0.3) is 5.91 Å². The molecule has 1 saturated heterocycles. The predicted octanol–water partition coefficient (Wildman–Crippen LogP) is 1.42. The van der Waals surface area contributed by atoms with Crippen LogP contribution in [0.3, 0.4) is 0 Å². The average Bonchev–Trinajstić information content (AvgIpc) is 2.96. The zero-order chi connectivity index (χ0) is 14.5. The average molecular weight is 354 g/mol. The maximum Gasteiger partial charge on any atom is 0.254 e. The van der Waals surface area contributed by atoms with E-state index in [2.05, 4.69) is 17.1 Å². The summed E-state index contributed by atoms with van der Waals surface area (Å²) in [6.45, 7) is 7.76. The van der Waals surface area contributed by atoms with E-state index in [-0.39, 0.29) is 42.8 Å². The monoisotopic (exact) mass is 353 g/mol. The summed E-state index contributed by atoms with van der Waals surface area (Å²) in [4.78, 5) is 14.4. The van der Waals surface area contributed by atoms with E-state index in [1.807, 2.05) is 6.92 Å². The number of hydrogen-bond donors (Lipinski definition) is 2. The van der Waals surface area contributed by atoms with Crippen LogP contribution in [0.5, 0.6) is 0 Å². The second kappa shape index (κ2) is 10.1. The number of nitrogens with two attached hydrogens (primary N) is 1. The summed E-state index contributed by atoms with van der Waals surface area (Å²) in [6, 6.07) is 2.00. The van der Waals surface area contributed by atoms with Gasteiger partial charge in [-0.3, -0.25) is 9.69 Å². The predicted molar refractivity (Wildman–Crippen MR) is 89.9 cm³/mol. The minimum atomic E-state index is -0.124. The van der Waals surface area contributed by atoms with E-state index in [9.17, 15) is 4.79 Å². The zero-order valence-electron chi connectivity index (χ0n) is 12.9. The van der Waals surface area contributed by atoms with Crippen LogP contribution < -0.4 is 11.1 Å². The quantitative estimate of drug-likeness (QED) is 0.836. The molecular weight excluding hydrogens is 329 g/mol. The van der Waals surface area contributed by atoms with Gasteiger partial charge in [-0.25, -0.2) is 0 Å². The Morgan fingerprint density at radius 3 is 2.55 bits per heavy atom. The van der Waals surface area contributed by atoms with Gasteiger partial charge in [-0.2, -0.15) is 0 Å². The Kier molecular flexibility index (Phi) is 9.71. The van der Waals surface area contributed by atoms with E-state index >= 15 is 0 Å². The number of furan rings is 1. The molecule has 0 aliphatic carbocycles. The number of morpholine rings is 1. The molecule has 0 bridgehead atoms. The molecule has 0 spiro atoms. The number of carbonyl (C=O) groups excluding carboxylic acids is 1. The number of halogens is 2. The van der Waals surface area contributed by atoms with Crippen molar-refractivity contribution in [2.75, 3.05) is 26.3 Å². The normalized spacial score (nSPS) is 17.8. The second-order valence-electron chi connectivity index (χ2n) is 5.16. The molecule has 1 aliphatic heterocycles. The van der Waals surface area contributed by atoms with Crippen LogP contribution in [0.1, 0.15) is 30.0 Å². The lowest BCUT2D eigenvalue weighted by atomic mass is 10.1. The molecule has 1 amide bonds. The number of carbonyl (C=O) groups is 1. The van der Waals surface area contributed by atoms with Crippen molar-refractivity contribution >= 4 is 30.7 Å². The van der Waals surface area contributed by atoms with E-state index < -0.39 is 0 Å². The number of nitrogens with zero attached hydrogens (tertiary/aromatic N) is 1. The molecule has 2 unspecified atom stereocenters. The fourth-order valence-electron chi connectivity index (χ4n) is 2.32. The van der Waals surface area contributed by atoms with Crippen molar-refractivity contribution in [1.29, 1.82) is 0 Å². The Morgan fingerprint density at radius 2 is 2.00 bits per heavy atom. The molecule has 22 heavy (non-hydrogen) atoms. The largest absolute Gasteiger partial charge is 0.467 e. The highest BCUT2D eigenvalue weighted by molar-refractivity contribution is 5.94. The third-order valence-electron chi connectivity index (χ3n) is 3.82. The third kappa shape index (κ3) is 5.44. The molecule has 1 aromatic rings. The van der Waals surface area contributed by atoms with Crippen molar-refractivity contribution in [1.82, 2.24) is 10.2 Å². The van der Waals surface area contributed by atoms with Gasteiger partial charge in [-0.15, -0.1) is 24.8 Å². The van der Waals surface area contributed by atoms with Gasteiger partial charge >= 0.3 is 0 Å². The first-order chi connectivity index (χ1) is 9.61. The number of amides is 1. The molecule has 6 nitrogen and oxygen atoms in total. The van der Waals surface area contributed by atoms with Gasteiger partial charge in [0, 0.05) is 25.2 Å². The summed E-state index contributed by atoms with van der Waals surface area (Å²) < 4.78 is 10.5. The molecule has 8 heteroatoms. The molecule has 1 aliphatic rings. The number of rotatable bonds is 5. The van der Waals surface area contributed by atoms with Crippen LogP contribution in [0.2, 0.25) is 0 Å². The van der Waals surface area contributed by atoms with Crippen molar-refractivity contribution in [3.63, 3.8) is 0 Å². The molecule has 2 atom stereocenters. The summed E-state index contributed by atoms with van der Waals surface area (Å²) in [6.07, 6.45) is 1.45. The molecule has 3 N–H and O–H groups in total. The highest BCUT2D eigenvalue weighted by Gasteiger charge is 2.23. The van der Waals surface area contributed by atoms with E-state index in [1.54, 1.807) is 6.07 Å². The van der Waals surface area contributed by atoms with Gasteiger partial charge in [0.1, 0.15) is 12.0 Å². The summed E-state index contributed by atoms with van der Waals surface area (Å²) in [5, 5.41) is 3.01. The SMILES string of the molecule is CC(NC(=O)c1coc(CN)c1)C(C)N1CCOCC1.Cl.Cl. The van der Waals surface area contributed by atoms with Gasteiger partial charge < -0.3 is 20.2 Å². The first-order valence-electron chi connectivity index (χ1n) is 7.02. The van der Waals surface area contributed by atoms with Crippen molar-refractivity contribution < 1.29 is 13.9 Å². The molecule has 0 aromatic carbocycles. The highest BCUT2D eigenvalue weighted by atomic mass is 35.5. The molecule has 2 heterocycles. The van der Waals surface area contributed by atoms with Crippen molar-refractivity contribution in [2.45, 2.75) is 32.5 Å². The number of hydrogen-bond acceptors (Lipinski definition) is 5. The smallest absolute Gasteiger partial charge is 0.254 e. The number of ether oxygens (including phenoxy) is 1. The lowest BCUT2D eigenvalue weighted by Crippen LogP contribution is -2.52. The Balaban J connectivity index is 0.00000220. The Hall–Kier alpha value is -0.790. The molecule has 2 rings (SSSR count).